The van der Waals surface area contributed by atoms with E-state index in [2.05, 4.69) is 37.6 Å². The highest BCUT2D eigenvalue weighted by Gasteiger charge is 2.31. The highest BCUT2D eigenvalue weighted by atomic mass is 16.2. The Morgan fingerprint density at radius 3 is 2.65 bits per heavy atom. The van der Waals surface area contributed by atoms with Crippen LogP contribution in [0.25, 0.3) is 0 Å². The quantitative estimate of drug-likeness (QED) is 0.715. The molecule has 2 amide bonds. The normalized spacial score (nSPS) is 17.2. The first-order valence-electron chi connectivity index (χ1n) is 10.9. The van der Waals surface area contributed by atoms with Gasteiger partial charge in [0.2, 0.25) is 5.91 Å². The van der Waals surface area contributed by atoms with Crippen molar-refractivity contribution >= 4 is 11.8 Å². The van der Waals surface area contributed by atoms with E-state index in [9.17, 15) is 9.59 Å². The lowest BCUT2D eigenvalue weighted by Gasteiger charge is -2.36. The summed E-state index contributed by atoms with van der Waals surface area (Å²) in [5, 5.41) is 5.86. The number of nitrogens with zero attached hydrogens (tertiary/aromatic N) is 3. The molecule has 1 aromatic carbocycles. The van der Waals surface area contributed by atoms with Gasteiger partial charge in [-0.2, -0.15) is 0 Å². The van der Waals surface area contributed by atoms with E-state index in [1.807, 2.05) is 39.0 Å². The number of aryl methyl sites for hydroxylation is 1. The van der Waals surface area contributed by atoms with E-state index in [0.29, 0.717) is 17.1 Å². The lowest BCUT2D eigenvalue weighted by atomic mass is 9.94. The van der Waals surface area contributed by atoms with Crippen molar-refractivity contribution in [3.05, 3.63) is 59.2 Å². The Hall–Kier alpha value is -2.80. The summed E-state index contributed by atoms with van der Waals surface area (Å²) < 4.78 is 0. The molecule has 1 saturated heterocycles. The number of carbonyl (C=O) groups is 2. The Kier molecular flexibility index (Phi) is 7.38. The van der Waals surface area contributed by atoms with Crippen molar-refractivity contribution in [2.45, 2.75) is 58.0 Å². The van der Waals surface area contributed by atoms with E-state index in [1.54, 1.807) is 13.2 Å². The number of hydrogen-bond donors (Lipinski definition) is 2. The van der Waals surface area contributed by atoms with Crippen molar-refractivity contribution in [2.75, 3.05) is 20.1 Å². The molecule has 1 aromatic heterocycles. The molecule has 0 saturated carbocycles. The van der Waals surface area contributed by atoms with Gasteiger partial charge >= 0.3 is 0 Å². The molecular formula is C24H33N5O2. The standard InChI is InChI=1S/C24H33N5O2/c1-17-26-15-19(23(31)25-4)22(27-17)20-12-8-9-13-29(20)16-21(30)28-24(2,3)14-18-10-6-5-7-11-18/h5-7,10-11,15,20H,8-9,12-14,16H2,1-4H3,(H,25,31)(H,28,30)/t20-/m1/s1. The Balaban J connectivity index is 1.73. The van der Waals surface area contributed by atoms with Crippen molar-refractivity contribution in [1.82, 2.24) is 25.5 Å². The number of piperidine rings is 1. The summed E-state index contributed by atoms with van der Waals surface area (Å²) >= 11 is 0. The fourth-order valence-corrected chi connectivity index (χ4v) is 4.29. The highest BCUT2D eigenvalue weighted by Crippen LogP contribution is 2.31. The Morgan fingerprint density at radius 1 is 1.19 bits per heavy atom. The maximum atomic E-state index is 13.0. The number of aromatic nitrogens is 2. The summed E-state index contributed by atoms with van der Waals surface area (Å²) in [6, 6.07) is 10.1. The number of likely N-dealkylation sites (tertiary alicyclic amines) is 1. The van der Waals surface area contributed by atoms with Gasteiger partial charge in [0.05, 0.1) is 23.8 Å². The molecule has 0 spiro atoms. The molecule has 3 rings (SSSR count). The monoisotopic (exact) mass is 423 g/mol. The molecule has 31 heavy (non-hydrogen) atoms. The highest BCUT2D eigenvalue weighted by molar-refractivity contribution is 5.95. The van der Waals surface area contributed by atoms with Gasteiger partial charge in [-0.25, -0.2) is 9.97 Å². The molecule has 0 radical (unpaired) electrons. The predicted octanol–water partition coefficient (Wildman–Crippen LogP) is 2.81. The van der Waals surface area contributed by atoms with Gasteiger partial charge in [0.25, 0.3) is 5.91 Å². The van der Waals surface area contributed by atoms with Gasteiger partial charge in [-0.3, -0.25) is 14.5 Å². The van der Waals surface area contributed by atoms with Crippen molar-refractivity contribution < 1.29 is 9.59 Å². The molecular weight excluding hydrogens is 390 g/mol. The first kappa shape index (κ1) is 22.9. The van der Waals surface area contributed by atoms with Crippen molar-refractivity contribution in [3.63, 3.8) is 0 Å². The maximum Gasteiger partial charge on any atom is 0.254 e. The van der Waals surface area contributed by atoms with Gasteiger partial charge in [-0.05, 0) is 52.1 Å². The number of carbonyl (C=O) groups excluding carboxylic acids is 2. The molecule has 7 nitrogen and oxygen atoms in total. The van der Waals surface area contributed by atoms with Crippen LogP contribution < -0.4 is 10.6 Å². The third-order valence-electron chi connectivity index (χ3n) is 5.65. The van der Waals surface area contributed by atoms with E-state index in [-0.39, 0.29) is 29.9 Å². The number of rotatable bonds is 7. The lowest BCUT2D eigenvalue weighted by molar-refractivity contribution is -0.124. The number of benzene rings is 1. The maximum absolute atomic E-state index is 13.0. The van der Waals surface area contributed by atoms with Crippen LogP contribution in [-0.2, 0) is 11.2 Å². The fourth-order valence-electron chi connectivity index (χ4n) is 4.29. The second-order valence-electron chi connectivity index (χ2n) is 8.87. The molecule has 7 heteroatoms. The minimum absolute atomic E-state index is 0.0138. The van der Waals surface area contributed by atoms with Gasteiger partial charge in [0.15, 0.2) is 0 Å². The van der Waals surface area contributed by atoms with Crippen LogP contribution in [0.2, 0.25) is 0 Å². The lowest BCUT2D eigenvalue weighted by Crippen LogP contribution is -2.50. The SMILES string of the molecule is CNC(=O)c1cnc(C)nc1[C@H]1CCCCN1CC(=O)NC(C)(C)Cc1ccccc1. The summed E-state index contributed by atoms with van der Waals surface area (Å²) in [5.41, 5.74) is 2.02. The van der Waals surface area contributed by atoms with E-state index >= 15 is 0 Å². The predicted molar refractivity (Wildman–Crippen MR) is 121 cm³/mol. The molecule has 1 fully saturated rings. The van der Waals surface area contributed by atoms with Crippen LogP contribution in [0, 0.1) is 6.92 Å². The summed E-state index contributed by atoms with van der Waals surface area (Å²) in [6.07, 6.45) is 5.28. The molecule has 2 heterocycles. The van der Waals surface area contributed by atoms with E-state index in [0.717, 1.165) is 32.2 Å². The largest absolute Gasteiger partial charge is 0.355 e. The number of amides is 2. The van der Waals surface area contributed by atoms with Crippen molar-refractivity contribution in [2.24, 2.45) is 0 Å². The van der Waals surface area contributed by atoms with Gasteiger partial charge in [-0.1, -0.05) is 36.8 Å². The van der Waals surface area contributed by atoms with Gasteiger partial charge in [-0.15, -0.1) is 0 Å². The van der Waals surface area contributed by atoms with E-state index in [4.69, 9.17) is 0 Å². The summed E-state index contributed by atoms with van der Waals surface area (Å²) in [6.45, 7) is 6.99. The summed E-state index contributed by atoms with van der Waals surface area (Å²) in [4.78, 5) is 36.3. The third kappa shape index (κ3) is 6.10. The fraction of sp³-hybridized carbons (Fsp3) is 0.500. The second-order valence-corrected chi connectivity index (χ2v) is 8.87. The first-order valence-corrected chi connectivity index (χ1v) is 10.9. The average Bonchev–Trinajstić information content (AvgIpc) is 2.73. The Morgan fingerprint density at radius 2 is 1.94 bits per heavy atom. The van der Waals surface area contributed by atoms with E-state index in [1.165, 1.54) is 5.56 Å². The van der Waals surface area contributed by atoms with Crippen LogP contribution in [0.4, 0.5) is 0 Å². The van der Waals surface area contributed by atoms with Crippen LogP contribution >= 0.6 is 0 Å². The van der Waals surface area contributed by atoms with Gasteiger partial charge in [0.1, 0.15) is 5.82 Å². The minimum Gasteiger partial charge on any atom is -0.355 e. The molecule has 1 aliphatic rings. The summed E-state index contributed by atoms with van der Waals surface area (Å²) in [7, 11) is 1.60. The topological polar surface area (TPSA) is 87.2 Å². The number of nitrogens with one attached hydrogen (secondary N) is 2. The molecule has 2 aromatic rings. The third-order valence-corrected chi connectivity index (χ3v) is 5.65. The van der Waals surface area contributed by atoms with Crippen LogP contribution in [0.1, 0.15) is 66.6 Å². The minimum atomic E-state index is -0.359. The molecule has 0 unspecified atom stereocenters. The smallest absolute Gasteiger partial charge is 0.254 e. The van der Waals surface area contributed by atoms with Crippen LogP contribution in [-0.4, -0.2) is 52.4 Å². The molecule has 2 N–H and O–H groups in total. The van der Waals surface area contributed by atoms with Crippen LogP contribution in [0.15, 0.2) is 36.5 Å². The van der Waals surface area contributed by atoms with Gasteiger partial charge in [0, 0.05) is 18.8 Å². The summed E-state index contributed by atoms with van der Waals surface area (Å²) in [5.74, 6) is 0.413. The molecule has 0 aliphatic carbocycles. The van der Waals surface area contributed by atoms with E-state index < -0.39 is 0 Å². The molecule has 166 valence electrons. The van der Waals surface area contributed by atoms with Gasteiger partial charge < -0.3 is 10.6 Å². The van der Waals surface area contributed by atoms with Crippen LogP contribution in [0.5, 0.6) is 0 Å². The zero-order valence-electron chi connectivity index (χ0n) is 18.9. The molecule has 0 bridgehead atoms. The Bertz CT molecular complexity index is 913. The van der Waals surface area contributed by atoms with Crippen LogP contribution in [0.3, 0.4) is 0 Å². The zero-order chi connectivity index (χ0) is 22.4. The first-order chi connectivity index (χ1) is 14.8. The Labute approximate surface area is 184 Å². The molecule has 1 atom stereocenters. The second kappa shape index (κ2) is 10.0. The van der Waals surface area contributed by atoms with Crippen molar-refractivity contribution in [3.8, 4) is 0 Å². The van der Waals surface area contributed by atoms with Crippen molar-refractivity contribution in [1.29, 1.82) is 0 Å². The molecule has 1 aliphatic heterocycles. The average molecular weight is 424 g/mol. The zero-order valence-corrected chi connectivity index (χ0v) is 18.9. The number of hydrogen-bond acceptors (Lipinski definition) is 5.